The fourth-order valence-corrected chi connectivity index (χ4v) is 5.44. The molecule has 0 atom stereocenters. The second kappa shape index (κ2) is 8.87. The Labute approximate surface area is 187 Å². The summed E-state index contributed by atoms with van der Waals surface area (Å²) in [6, 6.07) is 6.23. The van der Waals surface area contributed by atoms with Gasteiger partial charge in [-0.2, -0.15) is 5.10 Å². The van der Waals surface area contributed by atoms with Crippen LogP contribution in [0.4, 0.5) is 5.69 Å². The Morgan fingerprint density at radius 3 is 2.62 bits per heavy atom. The normalized spacial score (nSPS) is 14.9. The Morgan fingerprint density at radius 1 is 1.19 bits per heavy atom. The number of fused-ring (bicyclic) bond motifs is 1. The quantitative estimate of drug-likeness (QED) is 0.561. The van der Waals surface area contributed by atoms with Gasteiger partial charge in [0.2, 0.25) is 10.0 Å². The second-order valence-electron chi connectivity index (χ2n) is 8.24. The molecule has 1 aromatic carbocycles. The van der Waals surface area contributed by atoms with Crippen LogP contribution in [0.25, 0.3) is 11.0 Å². The first-order valence-electron chi connectivity index (χ1n) is 10.6. The number of nitrogens with zero attached hydrogens (tertiary/aromatic N) is 3. The largest absolute Gasteiger partial charge is 0.495 e. The molecule has 170 valence electrons. The number of pyridine rings is 1. The average Bonchev–Trinajstić information content (AvgIpc) is 3.42. The molecule has 32 heavy (non-hydrogen) atoms. The van der Waals surface area contributed by atoms with Crippen molar-refractivity contribution in [1.29, 1.82) is 0 Å². The zero-order valence-corrected chi connectivity index (χ0v) is 19.1. The molecule has 0 saturated heterocycles. The minimum absolute atomic E-state index is 0.0497. The monoisotopic (exact) mass is 457 g/mol. The summed E-state index contributed by atoms with van der Waals surface area (Å²) in [5, 5.41) is 7.91. The maximum atomic E-state index is 13.0. The summed E-state index contributed by atoms with van der Waals surface area (Å²) < 4.78 is 35.7. The van der Waals surface area contributed by atoms with Crippen LogP contribution in [-0.4, -0.2) is 42.2 Å². The Kier molecular flexibility index (Phi) is 6.16. The van der Waals surface area contributed by atoms with Gasteiger partial charge in [-0.15, -0.1) is 0 Å². The lowest BCUT2D eigenvalue weighted by Gasteiger charge is -2.16. The third kappa shape index (κ3) is 4.46. The van der Waals surface area contributed by atoms with Crippen molar-refractivity contribution in [1.82, 2.24) is 19.5 Å². The number of amides is 1. The molecule has 1 amide bonds. The van der Waals surface area contributed by atoms with Gasteiger partial charge in [-0.3, -0.25) is 4.79 Å². The number of nitrogens with one attached hydrogen (secondary N) is 2. The van der Waals surface area contributed by atoms with Crippen LogP contribution in [0.2, 0.25) is 0 Å². The van der Waals surface area contributed by atoms with Gasteiger partial charge >= 0.3 is 0 Å². The zero-order chi connectivity index (χ0) is 22.9. The number of sulfonamides is 1. The van der Waals surface area contributed by atoms with E-state index in [1.165, 1.54) is 25.3 Å². The lowest BCUT2D eigenvalue weighted by Crippen LogP contribution is -2.33. The Hall–Kier alpha value is -2.98. The molecule has 2 aromatic heterocycles. The molecule has 0 unspecified atom stereocenters. The van der Waals surface area contributed by atoms with Crippen molar-refractivity contribution in [2.24, 2.45) is 0 Å². The number of carbonyl (C=O) groups is 1. The fourth-order valence-electron chi connectivity index (χ4n) is 3.94. The number of rotatable bonds is 7. The third-order valence-corrected chi connectivity index (χ3v) is 7.11. The summed E-state index contributed by atoms with van der Waals surface area (Å²) in [7, 11) is -2.42. The maximum absolute atomic E-state index is 13.0. The van der Waals surface area contributed by atoms with Gasteiger partial charge in [0.05, 0.1) is 25.2 Å². The first-order chi connectivity index (χ1) is 15.3. The highest BCUT2D eigenvalue weighted by Gasteiger charge is 2.26. The maximum Gasteiger partial charge on any atom is 0.255 e. The predicted molar refractivity (Wildman–Crippen MR) is 121 cm³/mol. The van der Waals surface area contributed by atoms with Crippen molar-refractivity contribution in [2.75, 3.05) is 12.4 Å². The van der Waals surface area contributed by atoms with E-state index in [9.17, 15) is 13.2 Å². The number of aromatic nitrogens is 3. The zero-order valence-electron chi connectivity index (χ0n) is 18.3. The summed E-state index contributed by atoms with van der Waals surface area (Å²) in [6.07, 6.45) is 6.88. The molecule has 4 rings (SSSR count). The van der Waals surface area contributed by atoms with E-state index in [1.54, 1.807) is 23.1 Å². The van der Waals surface area contributed by atoms with Gasteiger partial charge in [-0.05, 0) is 51.0 Å². The standard InChI is InChI=1S/C22H27N5O4S/c1-14(2)27-21-16(12-24-27)10-18(13-23-21)25-22(28)15-8-9-19(31-3)20(11-15)32(29,30)26-17-6-4-5-7-17/h8-14,17,26H,4-7H2,1-3H3,(H,25,28). The molecule has 0 aliphatic heterocycles. The SMILES string of the molecule is COc1ccc(C(=O)Nc2cnc3c(cnn3C(C)C)c2)cc1S(=O)(=O)NC1CCCC1. The molecule has 2 heterocycles. The predicted octanol–water partition coefficient (Wildman–Crippen LogP) is 3.49. The van der Waals surface area contributed by atoms with Crippen LogP contribution in [0.15, 0.2) is 41.6 Å². The molecular formula is C22H27N5O4S. The van der Waals surface area contributed by atoms with Gasteiger partial charge in [0.25, 0.3) is 5.91 Å². The van der Waals surface area contributed by atoms with Gasteiger partial charge < -0.3 is 10.1 Å². The number of hydrogen-bond acceptors (Lipinski definition) is 6. The lowest BCUT2D eigenvalue weighted by atomic mass is 10.2. The number of carbonyl (C=O) groups excluding carboxylic acids is 1. The summed E-state index contributed by atoms with van der Waals surface area (Å²) in [4.78, 5) is 17.2. The van der Waals surface area contributed by atoms with Gasteiger partial charge in [-0.1, -0.05) is 12.8 Å². The van der Waals surface area contributed by atoms with Crippen molar-refractivity contribution in [3.8, 4) is 5.75 Å². The van der Waals surface area contributed by atoms with Crippen LogP contribution < -0.4 is 14.8 Å². The molecule has 1 aliphatic rings. The van der Waals surface area contributed by atoms with E-state index < -0.39 is 15.9 Å². The van der Waals surface area contributed by atoms with E-state index in [0.29, 0.717) is 5.69 Å². The van der Waals surface area contributed by atoms with Crippen LogP contribution in [-0.2, 0) is 10.0 Å². The summed E-state index contributed by atoms with van der Waals surface area (Å²) in [5.41, 5.74) is 1.43. The molecule has 2 N–H and O–H groups in total. The van der Waals surface area contributed by atoms with Crippen molar-refractivity contribution >= 4 is 32.7 Å². The fraction of sp³-hybridized carbons (Fsp3) is 0.409. The van der Waals surface area contributed by atoms with E-state index in [0.717, 1.165) is 36.7 Å². The summed E-state index contributed by atoms with van der Waals surface area (Å²) in [6.45, 7) is 4.03. The molecule has 1 fully saturated rings. The molecule has 9 nitrogen and oxygen atoms in total. The number of ether oxygens (including phenoxy) is 1. The molecule has 0 bridgehead atoms. The number of anilines is 1. The Balaban J connectivity index is 1.58. The van der Waals surface area contributed by atoms with E-state index in [1.807, 2.05) is 13.8 Å². The molecular weight excluding hydrogens is 430 g/mol. The van der Waals surface area contributed by atoms with Crippen molar-refractivity contribution in [3.05, 3.63) is 42.2 Å². The molecule has 3 aromatic rings. The molecule has 1 saturated carbocycles. The first-order valence-corrected chi connectivity index (χ1v) is 12.1. The smallest absolute Gasteiger partial charge is 0.255 e. The average molecular weight is 458 g/mol. The van der Waals surface area contributed by atoms with Crippen LogP contribution in [0.1, 0.15) is 55.9 Å². The summed E-state index contributed by atoms with van der Waals surface area (Å²) >= 11 is 0. The van der Waals surface area contributed by atoms with Crippen LogP contribution in [0.5, 0.6) is 5.75 Å². The highest BCUT2D eigenvalue weighted by Crippen LogP contribution is 2.28. The molecule has 1 aliphatic carbocycles. The highest BCUT2D eigenvalue weighted by molar-refractivity contribution is 7.89. The Morgan fingerprint density at radius 2 is 1.94 bits per heavy atom. The van der Waals surface area contributed by atoms with Gasteiger partial charge in [0, 0.05) is 23.0 Å². The van der Waals surface area contributed by atoms with Gasteiger partial charge in [0.1, 0.15) is 10.6 Å². The van der Waals surface area contributed by atoms with Crippen molar-refractivity contribution in [2.45, 2.75) is 56.5 Å². The van der Waals surface area contributed by atoms with E-state index in [2.05, 4.69) is 20.1 Å². The number of methoxy groups -OCH3 is 1. The third-order valence-electron chi connectivity index (χ3n) is 5.57. The molecule has 0 radical (unpaired) electrons. The summed E-state index contributed by atoms with van der Waals surface area (Å²) in [5.74, 6) is -0.251. The van der Waals surface area contributed by atoms with E-state index >= 15 is 0 Å². The van der Waals surface area contributed by atoms with Crippen LogP contribution in [0, 0.1) is 0 Å². The number of hydrogen-bond donors (Lipinski definition) is 2. The minimum atomic E-state index is -3.83. The number of benzene rings is 1. The lowest BCUT2D eigenvalue weighted by molar-refractivity contribution is 0.102. The van der Waals surface area contributed by atoms with Crippen molar-refractivity contribution < 1.29 is 17.9 Å². The second-order valence-corrected chi connectivity index (χ2v) is 9.92. The van der Waals surface area contributed by atoms with Crippen molar-refractivity contribution in [3.63, 3.8) is 0 Å². The highest BCUT2D eigenvalue weighted by atomic mass is 32.2. The van der Waals surface area contributed by atoms with Gasteiger partial charge in [0.15, 0.2) is 5.65 Å². The van der Waals surface area contributed by atoms with E-state index in [-0.39, 0.29) is 28.3 Å². The van der Waals surface area contributed by atoms with Gasteiger partial charge in [-0.25, -0.2) is 22.8 Å². The first kappa shape index (κ1) is 22.2. The molecule has 10 heteroatoms. The van der Waals surface area contributed by atoms with Crippen LogP contribution >= 0.6 is 0 Å². The topological polar surface area (TPSA) is 115 Å². The van der Waals surface area contributed by atoms with Crippen LogP contribution in [0.3, 0.4) is 0 Å². The molecule has 0 spiro atoms. The minimum Gasteiger partial charge on any atom is -0.495 e. The Bertz CT molecular complexity index is 1250. The van der Waals surface area contributed by atoms with E-state index in [4.69, 9.17) is 4.74 Å².